The van der Waals surface area contributed by atoms with Crippen molar-refractivity contribution in [1.82, 2.24) is 4.72 Å². The van der Waals surface area contributed by atoms with Crippen LogP contribution in [0.1, 0.15) is 19.4 Å². The van der Waals surface area contributed by atoms with Gasteiger partial charge in [0.2, 0.25) is 10.0 Å². The van der Waals surface area contributed by atoms with Crippen LogP contribution in [0, 0.1) is 6.92 Å². The van der Waals surface area contributed by atoms with Gasteiger partial charge in [0.15, 0.2) is 6.61 Å². The quantitative estimate of drug-likeness (QED) is 0.799. The highest BCUT2D eigenvalue weighted by molar-refractivity contribution is 7.89. The monoisotopic (exact) mass is 301 g/mol. The van der Waals surface area contributed by atoms with Gasteiger partial charge in [0, 0.05) is 6.04 Å². The molecule has 112 valence electrons. The predicted molar refractivity (Wildman–Crippen MR) is 74.1 cm³/mol. The number of methoxy groups -OCH3 is 1. The van der Waals surface area contributed by atoms with Gasteiger partial charge in [0.05, 0.1) is 12.0 Å². The van der Waals surface area contributed by atoms with Crippen molar-refractivity contribution in [3.8, 4) is 5.75 Å². The lowest BCUT2D eigenvalue weighted by Gasteiger charge is -2.12. The second-order valence-corrected chi connectivity index (χ2v) is 6.28. The highest BCUT2D eigenvalue weighted by Gasteiger charge is 2.16. The van der Waals surface area contributed by atoms with Crippen molar-refractivity contribution in [3.63, 3.8) is 0 Å². The molecule has 0 aliphatic rings. The Labute approximate surface area is 119 Å². The molecule has 0 saturated heterocycles. The van der Waals surface area contributed by atoms with Crippen LogP contribution in [0.5, 0.6) is 5.75 Å². The SMILES string of the molecule is COC(=O)COc1ccc(S(=O)(=O)NC(C)C)cc1C. The third-order valence-electron chi connectivity index (χ3n) is 2.42. The molecule has 0 atom stereocenters. The zero-order valence-corrected chi connectivity index (χ0v) is 12.8. The summed E-state index contributed by atoms with van der Waals surface area (Å²) in [6.45, 7) is 4.99. The lowest BCUT2D eigenvalue weighted by molar-refractivity contribution is -0.142. The Morgan fingerprint density at radius 1 is 1.35 bits per heavy atom. The Hall–Kier alpha value is -1.60. The van der Waals surface area contributed by atoms with Crippen LogP contribution >= 0.6 is 0 Å². The average molecular weight is 301 g/mol. The van der Waals surface area contributed by atoms with Gasteiger partial charge >= 0.3 is 5.97 Å². The maximum Gasteiger partial charge on any atom is 0.343 e. The summed E-state index contributed by atoms with van der Waals surface area (Å²) in [7, 11) is -2.26. The largest absolute Gasteiger partial charge is 0.482 e. The van der Waals surface area contributed by atoms with E-state index in [1.54, 1.807) is 20.8 Å². The van der Waals surface area contributed by atoms with Crippen molar-refractivity contribution in [3.05, 3.63) is 23.8 Å². The first-order valence-electron chi connectivity index (χ1n) is 6.09. The summed E-state index contributed by atoms with van der Waals surface area (Å²) >= 11 is 0. The van der Waals surface area contributed by atoms with Crippen LogP contribution in [0.3, 0.4) is 0 Å². The number of benzene rings is 1. The molecule has 0 amide bonds. The molecule has 6 nitrogen and oxygen atoms in total. The topological polar surface area (TPSA) is 81.7 Å². The normalized spacial score (nSPS) is 11.4. The Balaban J connectivity index is 2.90. The van der Waals surface area contributed by atoms with Gasteiger partial charge in [-0.25, -0.2) is 17.9 Å². The van der Waals surface area contributed by atoms with Crippen LogP contribution in [0.15, 0.2) is 23.1 Å². The number of carbonyl (C=O) groups excluding carboxylic acids is 1. The van der Waals surface area contributed by atoms with Crippen molar-refractivity contribution >= 4 is 16.0 Å². The number of aryl methyl sites for hydroxylation is 1. The fourth-order valence-corrected chi connectivity index (χ4v) is 2.86. The van der Waals surface area contributed by atoms with Gasteiger partial charge in [0.25, 0.3) is 0 Å². The molecule has 1 aromatic carbocycles. The zero-order chi connectivity index (χ0) is 15.3. The minimum Gasteiger partial charge on any atom is -0.482 e. The number of rotatable bonds is 6. The third-order valence-corrected chi connectivity index (χ3v) is 4.08. The molecule has 0 radical (unpaired) electrons. The summed E-state index contributed by atoms with van der Waals surface area (Å²) < 4.78 is 36.2. The Kier molecular flexibility index (Phi) is 5.52. The van der Waals surface area contributed by atoms with Gasteiger partial charge in [-0.15, -0.1) is 0 Å². The molecule has 0 aliphatic heterocycles. The summed E-state index contributed by atoms with van der Waals surface area (Å²) in [4.78, 5) is 11.2. The molecule has 0 spiro atoms. The molecule has 1 aromatic rings. The Morgan fingerprint density at radius 3 is 2.50 bits per heavy atom. The molecule has 0 heterocycles. The fraction of sp³-hybridized carbons (Fsp3) is 0.462. The highest BCUT2D eigenvalue weighted by Crippen LogP contribution is 2.21. The predicted octanol–water partition coefficient (Wildman–Crippen LogP) is 1.23. The standard InChI is InChI=1S/C13H19NO5S/c1-9(2)14-20(16,17)11-5-6-12(10(3)7-11)19-8-13(15)18-4/h5-7,9,14H,8H2,1-4H3. The molecule has 1 N–H and O–H groups in total. The molecule has 0 aromatic heterocycles. The second-order valence-electron chi connectivity index (χ2n) is 4.57. The first kappa shape index (κ1) is 16.5. The lowest BCUT2D eigenvalue weighted by Crippen LogP contribution is -2.30. The number of esters is 1. The maximum atomic E-state index is 12.0. The second kappa shape index (κ2) is 6.71. The number of ether oxygens (including phenoxy) is 2. The van der Waals surface area contributed by atoms with Gasteiger partial charge in [-0.2, -0.15) is 0 Å². The van der Waals surface area contributed by atoms with Crippen molar-refractivity contribution in [2.45, 2.75) is 31.7 Å². The van der Waals surface area contributed by atoms with Crippen LogP contribution in [0.4, 0.5) is 0 Å². The van der Waals surface area contributed by atoms with E-state index in [9.17, 15) is 13.2 Å². The van der Waals surface area contributed by atoms with E-state index in [1.807, 2.05) is 0 Å². The molecule has 20 heavy (non-hydrogen) atoms. The summed E-state index contributed by atoms with van der Waals surface area (Å²) in [5.41, 5.74) is 0.625. The number of carbonyl (C=O) groups is 1. The molecule has 0 bridgehead atoms. The minimum atomic E-state index is -3.53. The summed E-state index contributed by atoms with van der Waals surface area (Å²) in [6, 6.07) is 4.27. The van der Waals surface area contributed by atoms with E-state index in [-0.39, 0.29) is 17.5 Å². The van der Waals surface area contributed by atoms with E-state index in [2.05, 4.69) is 9.46 Å². The van der Waals surface area contributed by atoms with E-state index in [1.165, 1.54) is 25.3 Å². The molecular formula is C13H19NO5S. The van der Waals surface area contributed by atoms with Gasteiger partial charge < -0.3 is 9.47 Å². The molecule has 7 heteroatoms. The average Bonchev–Trinajstić information content (AvgIpc) is 2.35. The summed E-state index contributed by atoms with van der Waals surface area (Å²) in [5, 5.41) is 0. The fourth-order valence-electron chi connectivity index (χ4n) is 1.52. The minimum absolute atomic E-state index is 0.161. The van der Waals surface area contributed by atoms with Gasteiger partial charge in [-0.05, 0) is 44.5 Å². The summed E-state index contributed by atoms with van der Waals surface area (Å²) in [5.74, 6) is -0.0542. The number of hydrogen-bond donors (Lipinski definition) is 1. The van der Waals surface area contributed by atoms with Gasteiger partial charge in [-0.1, -0.05) is 0 Å². The van der Waals surface area contributed by atoms with Crippen molar-refractivity contribution in [2.24, 2.45) is 0 Å². The highest BCUT2D eigenvalue weighted by atomic mass is 32.2. The van der Waals surface area contributed by atoms with Crippen LogP contribution in [0.25, 0.3) is 0 Å². The molecule has 0 fully saturated rings. The van der Waals surface area contributed by atoms with Gasteiger partial charge in [0.1, 0.15) is 5.75 Å². The van der Waals surface area contributed by atoms with E-state index in [4.69, 9.17) is 4.74 Å². The number of sulfonamides is 1. The number of hydrogen-bond acceptors (Lipinski definition) is 5. The van der Waals surface area contributed by atoms with Gasteiger partial charge in [-0.3, -0.25) is 0 Å². The van der Waals surface area contributed by atoms with E-state index in [0.29, 0.717) is 11.3 Å². The van der Waals surface area contributed by atoms with E-state index in [0.717, 1.165) is 0 Å². The third kappa shape index (κ3) is 4.50. The first-order chi connectivity index (χ1) is 9.26. The van der Waals surface area contributed by atoms with Crippen molar-refractivity contribution in [1.29, 1.82) is 0 Å². The van der Waals surface area contributed by atoms with E-state index >= 15 is 0 Å². The molecular weight excluding hydrogens is 282 g/mol. The molecule has 0 aliphatic carbocycles. The zero-order valence-electron chi connectivity index (χ0n) is 12.0. The van der Waals surface area contributed by atoms with Crippen LogP contribution in [-0.4, -0.2) is 34.1 Å². The van der Waals surface area contributed by atoms with Crippen LogP contribution in [-0.2, 0) is 19.6 Å². The maximum absolute atomic E-state index is 12.0. The van der Waals surface area contributed by atoms with Crippen molar-refractivity contribution < 1.29 is 22.7 Å². The number of nitrogens with one attached hydrogen (secondary N) is 1. The molecule has 0 saturated carbocycles. The molecule has 0 unspecified atom stereocenters. The first-order valence-corrected chi connectivity index (χ1v) is 7.57. The Bertz CT molecular complexity index is 580. The summed E-state index contributed by atoms with van der Waals surface area (Å²) in [6.07, 6.45) is 0. The Morgan fingerprint density at radius 2 is 2.00 bits per heavy atom. The van der Waals surface area contributed by atoms with Crippen LogP contribution < -0.4 is 9.46 Å². The van der Waals surface area contributed by atoms with E-state index < -0.39 is 16.0 Å². The smallest absolute Gasteiger partial charge is 0.343 e. The van der Waals surface area contributed by atoms with Crippen molar-refractivity contribution in [2.75, 3.05) is 13.7 Å². The van der Waals surface area contributed by atoms with Crippen LogP contribution in [0.2, 0.25) is 0 Å². The molecule has 1 rings (SSSR count). The lowest BCUT2D eigenvalue weighted by atomic mass is 10.2.